The fraction of sp³-hybridized carbons (Fsp3) is 0.500. The van der Waals surface area contributed by atoms with E-state index < -0.39 is 0 Å². The number of thioether (sulfide) groups is 1. The molecule has 0 radical (unpaired) electrons. The SMILES string of the molecule is CC1CCN(C(=O)CSCc2ccc(C#N)cc2)CC1. The summed E-state index contributed by atoms with van der Waals surface area (Å²) in [5.74, 6) is 2.39. The Labute approximate surface area is 125 Å². The van der Waals surface area contributed by atoms with Crippen molar-refractivity contribution in [2.45, 2.75) is 25.5 Å². The number of piperidine rings is 1. The molecule has 3 nitrogen and oxygen atoms in total. The van der Waals surface area contributed by atoms with E-state index in [4.69, 9.17) is 5.26 Å². The molecule has 0 aliphatic carbocycles. The highest BCUT2D eigenvalue weighted by Gasteiger charge is 2.19. The summed E-state index contributed by atoms with van der Waals surface area (Å²) >= 11 is 1.65. The normalized spacial score (nSPS) is 15.9. The summed E-state index contributed by atoms with van der Waals surface area (Å²) < 4.78 is 0. The highest BCUT2D eigenvalue weighted by molar-refractivity contribution is 7.99. The lowest BCUT2D eigenvalue weighted by molar-refractivity contribution is -0.129. The number of hydrogen-bond acceptors (Lipinski definition) is 3. The summed E-state index contributed by atoms with van der Waals surface area (Å²) in [6, 6.07) is 9.67. The molecule has 1 amide bonds. The third-order valence-corrected chi connectivity index (χ3v) is 4.70. The summed E-state index contributed by atoms with van der Waals surface area (Å²) in [6.45, 7) is 4.08. The summed E-state index contributed by atoms with van der Waals surface area (Å²) in [5, 5.41) is 8.73. The number of carbonyl (C=O) groups is 1. The minimum atomic E-state index is 0.260. The molecule has 0 N–H and O–H groups in total. The molecule has 1 fully saturated rings. The largest absolute Gasteiger partial charge is 0.342 e. The smallest absolute Gasteiger partial charge is 0.232 e. The third-order valence-electron chi connectivity index (χ3n) is 3.71. The number of benzene rings is 1. The van der Waals surface area contributed by atoms with E-state index in [1.165, 1.54) is 0 Å². The summed E-state index contributed by atoms with van der Waals surface area (Å²) in [7, 11) is 0. The average Bonchev–Trinajstić information content (AvgIpc) is 2.48. The number of nitrogens with zero attached hydrogens (tertiary/aromatic N) is 2. The van der Waals surface area contributed by atoms with Gasteiger partial charge in [0.05, 0.1) is 17.4 Å². The van der Waals surface area contributed by atoms with Crippen LogP contribution in [-0.4, -0.2) is 29.6 Å². The first kappa shape index (κ1) is 14.9. The zero-order chi connectivity index (χ0) is 14.4. The van der Waals surface area contributed by atoms with Gasteiger partial charge >= 0.3 is 0 Å². The Balaban J connectivity index is 1.72. The van der Waals surface area contributed by atoms with Crippen LogP contribution in [0.15, 0.2) is 24.3 Å². The van der Waals surface area contributed by atoms with Crippen molar-refractivity contribution in [2.75, 3.05) is 18.8 Å². The van der Waals surface area contributed by atoms with Gasteiger partial charge in [-0.2, -0.15) is 5.26 Å². The number of carbonyl (C=O) groups excluding carboxylic acids is 1. The Morgan fingerprint density at radius 3 is 2.60 bits per heavy atom. The second kappa shape index (κ2) is 7.35. The molecule has 1 saturated heterocycles. The summed E-state index contributed by atoms with van der Waals surface area (Å²) in [4.78, 5) is 14.0. The molecule has 0 saturated carbocycles. The minimum absolute atomic E-state index is 0.260. The molecular formula is C16H20N2OS. The maximum Gasteiger partial charge on any atom is 0.232 e. The molecular weight excluding hydrogens is 268 g/mol. The van der Waals surface area contributed by atoms with Gasteiger partial charge in [0.25, 0.3) is 0 Å². The predicted octanol–water partition coefficient (Wildman–Crippen LogP) is 3.05. The van der Waals surface area contributed by atoms with Gasteiger partial charge in [-0.3, -0.25) is 4.79 Å². The Morgan fingerprint density at radius 1 is 1.35 bits per heavy atom. The van der Waals surface area contributed by atoms with Crippen molar-refractivity contribution in [3.63, 3.8) is 0 Å². The highest BCUT2D eigenvalue weighted by atomic mass is 32.2. The molecule has 0 spiro atoms. The predicted molar refractivity (Wildman–Crippen MR) is 82.3 cm³/mol. The van der Waals surface area contributed by atoms with E-state index in [1.54, 1.807) is 11.8 Å². The molecule has 0 atom stereocenters. The van der Waals surface area contributed by atoms with Crippen LogP contribution in [0.3, 0.4) is 0 Å². The Hall–Kier alpha value is -1.47. The van der Waals surface area contributed by atoms with Gasteiger partial charge in [-0.1, -0.05) is 19.1 Å². The quantitative estimate of drug-likeness (QED) is 0.855. The van der Waals surface area contributed by atoms with Crippen LogP contribution in [0.4, 0.5) is 0 Å². The molecule has 1 aromatic rings. The lowest BCUT2D eigenvalue weighted by atomic mass is 9.99. The molecule has 20 heavy (non-hydrogen) atoms. The average molecular weight is 288 g/mol. The highest BCUT2D eigenvalue weighted by Crippen LogP contribution is 2.18. The molecule has 0 aromatic heterocycles. The Bertz CT molecular complexity index is 484. The van der Waals surface area contributed by atoms with E-state index in [2.05, 4.69) is 13.0 Å². The van der Waals surface area contributed by atoms with E-state index in [1.807, 2.05) is 29.2 Å². The van der Waals surface area contributed by atoms with E-state index in [9.17, 15) is 4.79 Å². The van der Waals surface area contributed by atoms with Crippen LogP contribution in [-0.2, 0) is 10.5 Å². The van der Waals surface area contributed by atoms with Crippen LogP contribution in [0.5, 0.6) is 0 Å². The number of likely N-dealkylation sites (tertiary alicyclic amines) is 1. The standard InChI is InChI=1S/C16H20N2OS/c1-13-6-8-18(9-7-13)16(19)12-20-11-15-4-2-14(10-17)3-5-15/h2-5,13H,6-9,11-12H2,1H3. The summed E-state index contributed by atoms with van der Waals surface area (Å²) in [5.41, 5.74) is 1.84. The molecule has 0 unspecified atom stereocenters. The zero-order valence-corrected chi connectivity index (χ0v) is 12.7. The van der Waals surface area contributed by atoms with Crippen molar-refractivity contribution >= 4 is 17.7 Å². The summed E-state index contributed by atoms with van der Waals surface area (Å²) in [6.07, 6.45) is 2.26. The van der Waals surface area contributed by atoms with Crippen LogP contribution >= 0.6 is 11.8 Å². The third kappa shape index (κ3) is 4.28. The van der Waals surface area contributed by atoms with Gasteiger partial charge in [-0.25, -0.2) is 0 Å². The second-order valence-corrected chi connectivity index (χ2v) is 6.35. The van der Waals surface area contributed by atoms with Gasteiger partial charge in [0, 0.05) is 18.8 Å². The lowest BCUT2D eigenvalue weighted by Gasteiger charge is -2.30. The molecule has 1 aromatic carbocycles. The van der Waals surface area contributed by atoms with Crippen LogP contribution < -0.4 is 0 Å². The molecule has 4 heteroatoms. The van der Waals surface area contributed by atoms with Gasteiger partial charge in [0.2, 0.25) is 5.91 Å². The molecule has 1 aliphatic heterocycles. The van der Waals surface area contributed by atoms with Crippen molar-refractivity contribution in [2.24, 2.45) is 5.92 Å². The van der Waals surface area contributed by atoms with E-state index >= 15 is 0 Å². The first-order valence-corrected chi connectivity index (χ1v) is 8.19. The van der Waals surface area contributed by atoms with Crippen LogP contribution in [0.25, 0.3) is 0 Å². The van der Waals surface area contributed by atoms with Crippen LogP contribution in [0.1, 0.15) is 30.9 Å². The zero-order valence-electron chi connectivity index (χ0n) is 11.8. The van der Waals surface area contributed by atoms with Gasteiger partial charge < -0.3 is 4.90 Å². The van der Waals surface area contributed by atoms with E-state index in [0.29, 0.717) is 11.3 Å². The van der Waals surface area contributed by atoms with Crippen molar-refractivity contribution in [3.8, 4) is 6.07 Å². The maximum absolute atomic E-state index is 12.1. The maximum atomic E-state index is 12.1. The van der Waals surface area contributed by atoms with Gasteiger partial charge in [-0.05, 0) is 36.5 Å². The number of hydrogen-bond donors (Lipinski definition) is 0. The number of nitriles is 1. The van der Waals surface area contributed by atoms with Gasteiger partial charge in [-0.15, -0.1) is 11.8 Å². The second-order valence-electron chi connectivity index (χ2n) is 5.36. The van der Waals surface area contributed by atoms with E-state index in [-0.39, 0.29) is 5.91 Å². The van der Waals surface area contributed by atoms with Crippen LogP contribution in [0, 0.1) is 17.2 Å². The number of rotatable bonds is 4. The van der Waals surface area contributed by atoms with Crippen molar-refractivity contribution < 1.29 is 4.79 Å². The fourth-order valence-electron chi connectivity index (χ4n) is 2.28. The molecule has 0 bridgehead atoms. The molecule has 1 heterocycles. The number of amides is 1. The van der Waals surface area contributed by atoms with Crippen molar-refractivity contribution in [3.05, 3.63) is 35.4 Å². The fourth-order valence-corrected chi connectivity index (χ4v) is 3.17. The lowest BCUT2D eigenvalue weighted by Crippen LogP contribution is -2.38. The Kier molecular flexibility index (Phi) is 5.49. The van der Waals surface area contributed by atoms with Crippen LogP contribution in [0.2, 0.25) is 0 Å². The Morgan fingerprint density at radius 2 is 2.00 bits per heavy atom. The first-order chi connectivity index (χ1) is 9.69. The molecule has 1 aliphatic rings. The van der Waals surface area contributed by atoms with Crippen molar-refractivity contribution in [1.29, 1.82) is 5.26 Å². The van der Waals surface area contributed by atoms with Gasteiger partial charge in [0.15, 0.2) is 0 Å². The monoisotopic (exact) mass is 288 g/mol. The first-order valence-electron chi connectivity index (χ1n) is 7.03. The van der Waals surface area contributed by atoms with E-state index in [0.717, 1.165) is 43.2 Å². The molecule has 2 rings (SSSR count). The topological polar surface area (TPSA) is 44.1 Å². The molecule has 106 valence electrons. The van der Waals surface area contributed by atoms with Crippen molar-refractivity contribution in [1.82, 2.24) is 4.90 Å². The van der Waals surface area contributed by atoms with Gasteiger partial charge in [0.1, 0.15) is 0 Å². The minimum Gasteiger partial charge on any atom is -0.342 e.